The molecule has 3 rings (SSSR count). The van der Waals surface area contributed by atoms with Crippen molar-refractivity contribution in [3.63, 3.8) is 0 Å². The van der Waals surface area contributed by atoms with Crippen molar-refractivity contribution in [3.05, 3.63) is 35.9 Å². The largest absolute Gasteiger partial charge is 0.309 e. The van der Waals surface area contributed by atoms with Crippen LogP contribution in [0.25, 0.3) is 0 Å². The molecule has 1 heterocycles. The van der Waals surface area contributed by atoms with E-state index in [1.807, 2.05) is 0 Å². The molecule has 0 radical (unpaired) electrons. The summed E-state index contributed by atoms with van der Waals surface area (Å²) in [6.07, 6.45) is 9.68. The summed E-state index contributed by atoms with van der Waals surface area (Å²) < 4.78 is 0. The van der Waals surface area contributed by atoms with Gasteiger partial charge in [-0.15, -0.1) is 0 Å². The van der Waals surface area contributed by atoms with Crippen molar-refractivity contribution in [2.75, 3.05) is 33.7 Å². The summed E-state index contributed by atoms with van der Waals surface area (Å²) >= 11 is 0. The second-order valence-electron chi connectivity index (χ2n) is 7.67. The Morgan fingerprint density at radius 2 is 1.77 bits per heavy atom. The van der Waals surface area contributed by atoms with Gasteiger partial charge in [-0.1, -0.05) is 49.6 Å². The number of piperidine rings is 1. The summed E-state index contributed by atoms with van der Waals surface area (Å²) in [5.41, 5.74) is 1.89. The van der Waals surface area contributed by atoms with Gasteiger partial charge in [-0.25, -0.2) is 0 Å². The number of likely N-dealkylation sites (tertiary alicyclic amines) is 1. The van der Waals surface area contributed by atoms with Gasteiger partial charge in [-0.05, 0) is 57.8 Å². The number of benzene rings is 1. The summed E-state index contributed by atoms with van der Waals surface area (Å²) in [6.45, 7) is 3.81. The third-order valence-electron chi connectivity index (χ3n) is 5.74. The van der Waals surface area contributed by atoms with Crippen LogP contribution in [0.3, 0.4) is 0 Å². The molecule has 1 saturated carbocycles. The predicted octanol–water partition coefficient (Wildman–Crippen LogP) is 4.12. The molecule has 0 amide bonds. The Balaban J connectivity index is 1.83. The number of nitrogens with zero attached hydrogens (tertiary/aromatic N) is 2. The fourth-order valence-corrected chi connectivity index (χ4v) is 4.79. The van der Waals surface area contributed by atoms with Gasteiger partial charge in [0.25, 0.3) is 0 Å². The van der Waals surface area contributed by atoms with E-state index in [1.54, 1.807) is 5.56 Å². The molecule has 0 spiro atoms. The highest BCUT2D eigenvalue weighted by Gasteiger charge is 2.41. The molecule has 0 bridgehead atoms. The summed E-state index contributed by atoms with van der Waals surface area (Å²) in [4.78, 5) is 5.23. The number of hydrogen-bond acceptors (Lipinski definition) is 2. The van der Waals surface area contributed by atoms with Crippen LogP contribution in [0.1, 0.15) is 50.5 Å². The van der Waals surface area contributed by atoms with Crippen LogP contribution < -0.4 is 0 Å². The van der Waals surface area contributed by atoms with E-state index in [-0.39, 0.29) is 0 Å². The first kappa shape index (κ1) is 16.0. The van der Waals surface area contributed by atoms with Crippen LogP contribution in [0, 0.1) is 5.92 Å². The SMILES string of the molecule is CN(C)CC1CCCN(C2(c3ccccc3)CCCCC2)C1. The van der Waals surface area contributed by atoms with Gasteiger partial charge >= 0.3 is 0 Å². The normalized spacial score (nSPS) is 26.2. The van der Waals surface area contributed by atoms with Crippen molar-refractivity contribution < 1.29 is 0 Å². The van der Waals surface area contributed by atoms with Gasteiger partial charge < -0.3 is 4.90 Å². The number of rotatable bonds is 4. The second-order valence-corrected chi connectivity index (χ2v) is 7.67. The van der Waals surface area contributed by atoms with E-state index < -0.39 is 0 Å². The Morgan fingerprint density at radius 3 is 2.45 bits per heavy atom. The van der Waals surface area contributed by atoms with Gasteiger partial charge in [0, 0.05) is 18.6 Å². The monoisotopic (exact) mass is 300 g/mol. The molecule has 2 aliphatic rings. The molecule has 0 aromatic heterocycles. The van der Waals surface area contributed by atoms with Crippen LogP contribution in [-0.4, -0.2) is 43.5 Å². The van der Waals surface area contributed by atoms with Crippen LogP contribution in [0.15, 0.2) is 30.3 Å². The van der Waals surface area contributed by atoms with Crippen molar-refractivity contribution >= 4 is 0 Å². The molecule has 22 heavy (non-hydrogen) atoms. The van der Waals surface area contributed by atoms with E-state index in [9.17, 15) is 0 Å². The van der Waals surface area contributed by atoms with Gasteiger partial charge in [0.2, 0.25) is 0 Å². The van der Waals surface area contributed by atoms with Crippen molar-refractivity contribution in [2.24, 2.45) is 5.92 Å². The van der Waals surface area contributed by atoms with Gasteiger partial charge in [-0.2, -0.15) is 0 Å². The number of hydrogen-bond donors (Lipinski definition) is 0. The first-order valence-electron chi connectivity index (χ1n) is 9.16. The lowest BCUT2D eigenvalue weighted by molar-refractivity contribution is 0.00646. The molecule has 2 fully saturated rings. The topological polar surface area (TPSA) is 6.48 Å². The molecule has 1 unspecified atom stereocenters. The van der Waals surface area contributed by atoms with Gasteiger partial charge in [0.05, 0.1) is 0 Å². The Labute approximate surface area is 136 Å². The molecule has 122 valence electrons. The maximum Gasteiger partial charge on any atom is 0.0460 e. The van der Waals surface area contributed by atoms with Gasteiger partial charge in [-0.3, -0.25) is 4.90 Å². The van der Waals surface area contributed by atoms with E-state index in [0.29, 0.717) is 5.54 Å². The first-order chi connectivity index (χ1) is 10.7. The lowest BCUT2D eigenvalue weighted by Gasteiger charge is -2.50. The highest BCUT2D eigenvalue weighted by Crippen LogP contribution is 2.44. The molecule has 0 N–H and O–H groups in total. The third kappa shape index (κ3) is 3.38. The minimum absolute atomic E-state index is 0.324. The Kier molecular flexibility index (Phi) is 5.20. The second kappa shape index (κ2) is 7.14. The molecule has 1 atom stereocenters. The van der Waals surface area contributed by atoms with Crippen LogP contribution in [0.4, 0.5) is 0 Å². The smallest absolute Gasteiger partial charge is 0.0460 e. The molecule has 1 aliphatic heterocycles. The lowest BCUT2D eigenvalue weighted by atomic mass is 9.74. The van der Waals surface area contributed by atoms with Crippen LogP contribution in [-0.2, 0) is 5.54 Å². The van der Waals surface area contributed by atoms with Crippen molar-refractivity contribution in [2.45, 2.75) is 50.5 Å². The van der Waals surface area contributed by atoms with Gasteiger partial charge in [0.15, 0.2) is 0 Å². The highest BCUT2D eigenvalue weighted by molar-refractivity contribution is 5.25. The van der Waals surface area contributed by atoms with Crippen molar-refractivity contribution in [3.8, 4) is 0 Å². The minimum atomic E-state index is 0.324. The maximum absolute atomic E-state index is 2.86. The highest BCUT2D eigenvalue weighted by atomic mass is 15.2. The molecule has 1 aromatic carbocycles. The Morgan fingerprint density at radius 1 is 1.05 bits per heavy atom. The van der Waals surface area contributed by atoms with E-state index in [0.717, 1.165) is 5.92 Å². The van der Waals surface area contributed by atoms with E-state index in [4.69, 9.17) is 0 Å². The van der Waals surface area contributed by atoms with Crippen LogP contribution in [0.5, 0.6) is 0 Å². The zero-order valence-electron chi connectivity index (χ0n) is 14.4. The van der Waals surface area contributed by atoms with Crippen LogP contribution in [0.2, 0.25) is 0 Å². The Bertz CT molecular complexity index is 448. The fourth-order valence-electron chi connectivity index (χ4n) is 4.79. The average molecular weight is 300 g/mol. The van der Waals surface area contributed by atoms with Gasteiger partial charge in [0.1, 0.15) is 0 Å². The molecule has 1 aromatic rings. The first-order valence-corrected chi connectivity index (χ1v) is 9.16. The Hall–Kier alpha value is -0.860. The van der Waals surface area contributed by atoms with E-state index >= 15 is 0 Å². The van der Waals surface area contributed by atoms with Crippen molar-refractivity contribution in [1.82, 2.24) is 9.80 Å². The molecule has 2 heteroatoms. The summed E-state index contributed by atoms with van der Waals surface area (Å²) in [5.74, 6) is 0.839. The fraction of sp³-hybridized carbons (Fsp3) is 0.700. The summed E-state index contributed by atoms with van der Waals surface area (Å²) in [6, 6.07) is 11.4. The third-order valence-corrected chi connectivity index (χ3v) is 5.74. The van der Waals surface area contributed by atoms with E-state index in [1.165, 1.54) is 64.6 Å². The quantitative estimate of drug-likeness (QED) is 0.825. The molecule has 2 nitrogen and oxygen atoms in total. The van der Waals surface area contributed by atoms with E-state index in [2.05, 4.69) is 54.2 Å². The molecule has 1 saturated heterocycles. The zero-order chi connectivity index (χ0) is 15.4. The predicted molar refractivity (Wildman–Crippen MR) is 94.1 cm³/mol. The zero-order valence-corrected chi connectivity index (χ0v) is 14.4. The minimum Gasteiger partial charge on any atom is -0.309 e. The van der Waals surface area contributed by atoms with Crippen LogP contribution >= 0.6 is 0 Å². The molecule has 1 aliphatic carbocycles. The molecular formula is C20H32N2. The van der Waals surface area contributed by atoms with Crippen molar-refractivity contribution in [1.29, 1.82) is 0 Å². The maximum atomic E-state index is 2.86. The lowest BCUT2D eigenvalue weighted by Crippen LogP contribution is -2.52. The molecular weight excluding hydrogens is 268 g/mol. The summed E-state index contributed by atoms with van der Waals surface area (Å²) in [5, 5.41) is 0. The summed E-state index contributed by atoms with van der Waals surface area (Å²) in [7, 11) is 4.43. The average Bonchev–Trinajstić information content (AvgIpc) is 2.56. The standard InChI is InChI=1S/C20H32N2/c1-21(2)16-18-10-9-15-22(17-18)20(13-7-4-8-14-20)19-11-5-3-6-12-19/h3,5-6,11-12,18H,4,7-10,13-17H2,1-2H3.